The van der Waals surface area contributed by atoms with E-state index in [0.717, 1.165) is 12.5 Å². The summed E-state index contributed by atoms with van der Waals surface area (Å²) in [5, 5.41) is 0. The Morgan fingerprint density at radius 1 is 1.19 bits per heavy atom. The minimum absolute atomic E-state index is 0.281. The van der Waals surface area contributed by atoms with Gasteiger partial charge in [0.05, 0.1) is 0 Å². The normalized spacial score (nSPS) is 28.3. The molecule has 0 bridgehead atoms. The molecule has 0 radical (unpaired) electrons. The third-order valence-corrected chi connectivity index (χ3v) is 4.64. The van der Waals surface area contributed by atoms with E-state index in [2.05, 4.69) is 30.6 Å². The Balaban J connectivity index is 1.92. The fourth-order valence-corrected chi connectivity index (χ4v) is 3.01. The van der Waals surface area contributed by atoms with E-state index in [9.17, 15) is 0 Å². The second-order valence-corrected chi connectivity index (χ2v) is 5.95. The first-order valence-electron chi connectivity index (χ1n) is 6.77. The van der Waals surface area contributed by atoms with Gasteiger partial charge in [0.2, 0.25) is 0 Å². The van der Waals surface area contributed by atoms with E-state index in [1.54, 1.807) is 0 Å². The highest BCUT2D eigenvalue weighted by Crippen LogP contribution is 2.42. The lowest BCUT2D eigenvalue weighted by atomic mass is 9.92. The van der Waals surface area contributed by atoms with Crippen molar-refractivity contribution in [3.05, 3.63) is 0 Å². The van der Waals surface area contributed by atoms with Gasteiger partial charge in [0.1, 0.15) is 0 Å². The van der Waals surface area contributed by atoms with Crippen LogP contribution in [0.2, 0.25) is 0 Å². The molecule has 2 fully saturated rings. The van der Waals surface area contributed by atoms with Gasteiger partial charge in [-0.05, 0) is 39.5 Å². The molecule has 2 N–H and O–H groups in total. The Bertz CT molecular complexity index is 229. The summed E-state index contributed by atoms with van der Waals surface area (Å²) in [5.41, 5.74) is 6.30. The van der Waals surface area contributed by atoms with E-state index >= 15 is 0 Å². The quantitative estimate of drug-likeness (QED) is 0.779. The lowest BCUT2D eigenvalue weighted by molar-refractivity contribution is 0.0235. The summed E-state index contributed by atoms with van der Waals surface area (Å²) in [7, 11) is 0. The van der Waals surface area contributed by atoms with Crippen LogP contribution in [0, 0.1) is 5.92 Å². The van der Waals surface area contributed by atoms with E-state index in [0.29, 0.717) is 6.04 Å². The van der Waals surface area contributed by atoms with Gasteiger partial charge in [0, 0.05) is 44.3 Å². The summed E-state index contributed by atoms with van der Waals surface area (Å²) in [4.78, 5) is 5.21. The number of rotatable bonds is 4. The minimum atomic E-state index is 0.281. The maximum Gasteiger partial charge on any atom is 0.0332 e. The Morgan fingerprint density at radius 2 is 1.75 bits per heavy atom. The fraction of sp³-hybridized carbons (Fsp3) is 1.00. The van der Waals surface area contributed by atoms with E-state index in [4.69, 9.17) is 5.73 Å². The largest absolute Gasteiger partial charge is 0.329 e. The van der Waals surface area contributed by atoms with Crippen molar-refractivity contribution in [3.63, 3.8) is 0 Å². The molecule has 3 heteroatoms. The molecule has 1 aliphatic heterocycles. The summed E-state index contributed by atoms with van der Waals surface area (Å²) in [6.07, 6.45) is 2.77. The molecule has 1 saturated carbocycles. The highest BCUT2D eigenvalue weighted by atomic mass is 15.3. The van der Waals surface area contributed by atoms with Crippen LogP contribution in [0.15, 0.2) is 0 Å². The van der Waals surface area contributed by atoms with Crippen molar-refractivity contribution in [1.29, 1.82) is 0 Å². The Kier molecular flexibility index (Phi) is 3.57. The SMILES string of the molecule is CC(C)N1CCN(C(C)(CN)C2CC2)CC1. The maximum absolute atomic E-state index is 6.02. The second kappa shape index (κ2) is 4.63. The van der Waals surface area contributed by atoms with E-state index in [1.807, 2.05) is 0 Å². The van der Waals surface area contributed by atoms with Crippen LogP contribution < -0.4 is 5.73 Å². The molecule has 2 rings (SSSR count). The zero-order chi connectivity index (χ0) is 11.8. The molecule has 2 aliphatic rings. The van der Waals surface area contributed by atoms with Crippen molar-refractivity contribution in [2.45, 2.75) is 45.2 Å². The number of hydrogen-bond acceptors (Lipinski definition) is 3. The average molecular weight is 225 g/mol. The third-order valence-electron chi connectivity index (χ3n) is 4.64. The summed E-state index contributed by atoms with van der Waals surface area (Å²) >= 11 is 0. The highest BCUT2D eigenvalue weighted by molar-refractivity contribution is 5.01. The zero-order valence-corrected chi connectivity index (χ0v) is 11.1. The van der Waals surface area contributed by atoms with Gasteiger partial charge in [-0.1, -0.05) is 0 Å². The molecule has 0 amide bonds. The first kappa shape index (κ1) is 12.3. The summed E-state index contributed by atoms with van der Waals surface area (Å²) in [5.74, 6) is 0.864. The van der Waals surface area contributed by atoms with Crippen LogP contribution in [-0.4, -0.2) is 54.1 Å². The Hall–Kier alpha value is -0.120. The molecule has 1 atom stereocenters. The van der Waals surface area contributed by atoms with E-state index < -0.39 is 0 Å². The fourth-order valence-electron chi connectivity index (χ4n) is 3.01. The van der Waals surface area contributed by atoms with Gasteiger partial charge < -0.3 is 5.73 Å². The first-order valence-corrected chi connectivity index (χ1v) is 6.77. The van der Waals surface area contributed by atoms with Gasteiger partial charge in [0.15, 0.2) is 0 Å². The smallest absolute Gasteiger partial charge is 0.0332 e. The van der Waals surface area contributed by atoms with E-state index in [1.165, 1.54) is 39.0 Å². The number of hydrogen-bond donors (Lipinski definition) is 1. The van der Waals surface area contributed by atoms with Gasteiger partial charge >= 0.3 is 0 Å². The topological polar surface area (TPSA) is 32.5 Å². The molecular weight excluding hydrogens is 198 g/mol. The predicted molar refractivity (Wildman–Crippen MR) is 68.5 cm³/mol. The van der Waals surface area contributed by atoms with Crippen molar-refractivity contribution in [2.75, 3.05) is 32.7 Å². The number of nitrogens with zero attached hydrogens (tertiary/aromatic N) is 2. The van der Waals surface area contributed by atoms with Crippen molar-refractivity contribution < 1.29 is 0 Å². The molecular formula is C13H27N3. The molecule has 1 unspecified atom stereocenters. The lowest BCUT2D eigenvalue weighted by Crippen LogP contribution is -2.60. The van der Waals surface area contributed by atoms with Gasteiger partial charge in [-0.15, -0.1) is 0 Å². The van der Waals surface area contributed by atoms with Crippen LogP contribution in [0.1, 0.15) is 33.6 Å². The molecule has 1 heterocycles. The molecule has 0 spiro atoms. The van der Waals surface area contributed by atoms with E-state index in [-0.39, 0.29) is 5.54 Å². The summed E-state index contributed by atoms with van der Waals surface area (Å²) in [6.45, 7) is 12.6. The third kappa shape index (κ3) is 2.27. The van der Waals surface area contributed by atoms with Gasteiger partial charge in [0.25, 0.3) is 0 Å². The molecule has 3 nitrogen and oxygen atoms in total. The van der Waals surface area contributed by atoms with Crippen LogP contribution in [0.4, 0.5) is 0 Å². The lowest BCUT2D eigenvalue weighted by Gasteiger charge is -2.46. The van der Waals surface area contributed by atoms with Crippen molar-refractivity contribution in [1.82, 2.24) is 9.80 Å². The molecule has 0 aromatic heterocycles. The monoisotopic (exact) mass is 225 g/mol. The average Bonchev–Trinajstić information content (AvgIpc) is 3.12. The van der Waals surface area contributed by atoms with Gasteiger partial charge in [-0.2, -0.15) is 0 Å². The van der Waals surface area contributed by atoms with Crippen LogP contribution in [0.5, 0.6) is 0 Å². The van der Waals surface area contributed by atoms with Crippen molar-refractivity contribution >= 4 is 0 Å². The number of piperazine rings is 1. The molecule has 0 aromatic rings. The van der Waals surface area contributed by atoms with Gasteiger partial charge in [-0.25, -0.2) is 0 Å². The van der Waals surface area contributed by atoms with Gasteiger partial charge in [-0.3, -0.25) is 9.80 Å². The first-order chi connectivity index (χ1) is 7.58. The molecule has 94 valence electrons. The Morgan fingerprint density at radius 3 is 2.12 bits per heavy atom. The van der Waals surface area contributed by atoms with Crippen LogP contribution in [0.3, 0.4) is 0 Å². The van der Waals surface area contributed by atoms with Crippen molar-refractivity contribution in [3.8, 4) is 0 Å². The molecule has 0 aromatic carbocycles. The van der Waals surface area contributed by atoms with Crippen LogP contribution >= 0.6 is 0 Å². The molecule has 1 aliphatic carbocycles. The summed E-state index contributed by atoms with van der Waals surface area (Å²) < 4.78 is 0. The number of nitrogens with two attached hydrogens (primary N) is 1. The predicted octanol–water partition coefficient (Wildman–Crippen LogP) is 1.14. The van der Waals surface area contributed by atoms with Crippen LogP contribution in [0.25, 0.3) is 0 Å². The van der Waals surface area contributed by atoms with Crippen LogP contribution in [-0.2, 0) is 0 Å². The standard InChI is InChI=1S/C13H27N3/c1-11(2)15-6-8-16(9-7-15)13(3,10-14)12-4-5-12/h11-12H,4-10,14H2,1-3H3. The highest BCUT2D eigenvalue weighted by Gasteiger charge is 2.45. The molecule has 16 heavy (non-hydrogen) atoms. The zero-order valence-electron chi connectivity index (χ0n) is 11.1. The second-order valence-electron chi connectivity index (χ2n) is 5.95. The Labute approximate surface area is 100.0 Å². The maximum atomic E-state index is 6.02. The van der Waals surface area contributed by atoms with Crippen molar-refractivity contribution in [2.24, 2.45) is 11.7 Å². The minimum Gasteiger partial charge on any atom is -0.329 e. The summed E-state index contributed by atoms with van der Waals surface area (Å²) in [6, 6.07) is 0.687. The molecule has 1 saturated heterocycles.